The third-order valence-electron chi connectivity index (χ3n) is 4.19. The Hall–Kier alpha value is -2.35. The first kappa shape index (κ1) is 22.3. The van der Waals surface area contributed by atoms with Crippen molar-refractivity contribution in [1.29, 1.82) is 0 Å². The van der Waals surface area contributed by atoms with Crippen molar-refractivity contribution in [2.45, 2.75) is 20.4 Å². The number of carbonyl (C=O) groups excluding carboxylic acids is 1. The molecule has 1 amide bonds. The molecule has 8 heteroatoms. The minimum Gasteiger partial charge on any atom is -0.482 e. The number of nitrogens with one attached hydrogen (secondary N) is 2. The van der Waals surface area contributed by atoms with Gasteiger partial charge in [0.1, 0.15) is 17.3 Å². The number of thiocarbonyl (C=S) groups is 1. The Labute approximate surface area is 193 Å². The van der Waals surface area contributed by atoms with Gasteiger partial charge in [-0.05, 0) is 95.6 Å². The fourth-order valence-electron chi connectivity index (χ4n) is 2.84. The van der Waals surface area contributed by atoms with Crippen molar-refractivity contribution in [2.24, 2.45) is 0 Å². The molecule has 3 rings (SSSR count). The van der Waals surface area contributed by atoms with Gasteiger partial charge < -0.3 is 19.8 Å². The van der Waals surface area contributed by atoms with E-state index >= 15 is 0 Å². The van der Waals surface area contributed by atoms with E-state index in [4.69, 9.17) is 33.0 Å². The molecule has 1 heterocycles. The lowest BCUT2D eigenvalue weighted by molar-refractivity contribution is -0.121. The molecule has 0 fully saturated rings. The molecule has 3 aromatic rings. The van der Waals surface area contributed by atoms with Crippen molar-refractivity contribution in [2.75, 3.05) is 6.61 Å². The largest absolute Gasteiger partial charge is 0.482 e. The normalized spacial score (nSPS) is 10.5. The first-order valence-electron chi connectivity index (χ1n) is 9.13. The minimum atomic E-state index is -0.347. The van der Waals surface area contributed by atoms with Crippen molar-refractivity contribution in [3.05, 3.63) is 74.9 Å². The van der Waals surface area contributed by atoms with Gasteiger partial charge >= 0.3 is 0 Å². The highest BCUT2D eigenvalue weighted by molar-refractivity contribution is 9.10. The average Bonchev–Trinajstić information content (AvgIpc) is 3.15. The number of ether oxygens (including phenoxy) is 1. The summed E-state index contributed by atoms with van der Waals surface area (Å²) < 4.78 is 12.2. The maximum Gasteiger partial charge on any atom is 0.264 e. The molecule has 1 aromatic heterocycles. The zero-order chi connectivity index (χ0) is 21.7. The van der Waals surface area contributed by atoms with Crippen LogP contribution in [0.25, 0.3) is 11.3 Å². The Morgan fingerprint density at radius 1 is 1.17 bits per heavy atom. The average molecular weight is 508 g/mol. The fourth-order valence-corrected chi connectivity index (χ4v) is 3.94. The van der Waals surface area contributed by atoms with Crippen LogP contribution in [0.2, 0.25) is 5.02 Å². The standard InChI is InChI=1S/C22H20BrClN2O3S/c1-13-9-14(2)21(18(23)10-13)28-12-20(27)26-22(30)25-11-17-7-8-19(29-17)15-3-5-16(24)6-4-15/h3-10H,11-12H2,1-2H3,(H2,25,26,27,30). The molecule has 0 radical (unpaired) electrons. The Balaban J connectivity index is 1.47. The van der Waals surface area contributed by atoms with Gasteiger partial charge in [0, 0.05) is 10.6 Å². The van der Waals surface area contributed by atoms with Crippen molar-refractivity contribution in [3.8, 4) is 17.1 Å². The molecule has 0 aliphatic carbocycles. The van der Waals surface area contributed by atoms with Gasteiger partial charge in [-0.3, -0.25) is 4.79 Å². The van der Waals surface area contributed by atoms with E-state index in [-0.39, 0.29) is 17.6 Å². The molecule has 0 aliphatic rings. The molecule has 2 N–H and O–H groups in total. The topological polar surface area (TPSA) is 63.5 Å². The number of halogens is 2. The van der Waals surface area contributed by atoms with Crippen LogP contribution in [-0.4, -0.2) is 17.6 Å². The van der Waals surface area contributed by atoms with Crippen LogP contribution in [0, 0.1) is 13.8 Å². The highest BCUT2D eigenvalue weighted by atomic mass is 79.9. The highest BCUT2D eigenvalue weighted by Crippen LogP contribution is 2.30. The van der Waals surface area contributed by atoms with Crippen LogP contribution in [0.3, 0.4) is 0 Å². The zero-order valence-corrected chi connectivity index (χ0v) is 19.6. The fraction of sp³-hybridized carbons (Fsp3) is 0.182. The van der Waals surface area contributed by atoms with Crippen LogP contribution in [-0.2, 0) is 11.3 Å². The van der Waals surface area contributed by atoms with Crippen LogP contribution in [0.15, 0.2) is 57.4 Å². The molecule has 30 heavy (non-hydrogen) atoms. The molecular weight excluding hydrogens is 488 g/mol. The van der Waals surface area contributed by atoms with Gasteiger partial charge in [-0.25, -0.2) is 0 Å². The molecule has 0 bridgehead atoms. The summed E-state index contributed by atoms with van der Waals surface area (Å²) in [7, 11) is 0. The number of aryl methyl sites for hydroxylation is 2. The summed E-state index contributed by atoms with van der Waals surface area (Å²) >= 11 is 14.5. The van der Waals surface area contributed by atoms with E-state index in [0.29, 0.717) is 23.1 Å². The Kier molecular flexibility index (Phi) is 7.53. The van der Waals surface area contributed by atoms with Gasteiger partial charge in [0.05, 0.1) is 11.0 Å². The second-order valence-corrected chi connectivity index (χ2v) is 8.38. The van der Waals surface area contributed by atoms with E-state index in [1.54, 1.807) is 12.1 Å². The summed E-state index contributed by atoms with van der Waals surface area (Å²) in [6.45, 7) is 4.12. The number of benzene rings is 2. The van der Waals surface area contributed by atoms with Gasteiger partial charge in [0.15, 0.2) is 11.7 Å². The molecule has 156 valence electrons. The first-order chi connectivity index (χ1) is 14.3. The quantitative estimate of drug-likeness (QED) is 0.428. The van der Waals surface area contributed by atoms with Crippen molar-refractivity contribution < 1.29 is 13.9 Å². The second-order valence-electron chi connectivity index (χ2n) is 6.69. The van der Waals surface area contributed by atoms with Gasteiger partial charge in [-0.15, -0.1) is 0 Å². The predicted molar refractivity (Wildman–Crippen MR) is 126 cm³/mol. The molecular formula is C22H20BrClN2O3S. The third-order valence-corrected chi connectivity index (χ3v) is 5.28. The highest BCUT2D eigenvalue weighted by Gasteiger charge is 2.11. The van der Waals surface area contributed by atoms with E-state index in [0.717, 1.165) is 26.9 Å². The maximum atomic E-state index is 12.1. The summed E-state index contributed by atoms with van der Waals surface area (Å²) in [6, 6.07) is 15.0. The third kappa shape index (κ3) is 6.08. The molecule has 0 unspecified atom stereocenters. The number of hydrogen-bond acceptors (Lipinski definition) is 4. The van der Waals surface area contributed by atoms with Crippen molar-refractivity contribution in [1.82, 2.24) is 10.6 Å². The molecule has 0 spiro atoms. The minimum absolute atomic E-state index is 0.147. The molecule has 0 aliphatic heterocycles. The number of hydrogen-bond donors (Lipinski definition) is 2. The van der Waals surface area contributed by atoms with Crippen molar-refractivity contribution in [3.63, 3.8) is 0 Å². The lowest BCUT2D eigenvalue weighted by Crippen LogP contribution is -2.41. The number of amides is 1. The first-order valence-corrected chi connectivity index (χ1v) is 10.7. The van der Waals surface area contributed by atoms with Gasteiger partial charge in [-0.2, -0.15) is 0 Å². The van der Waals surface area contributed by atoms with Crippen LogP contribution in [0.1, 0.15) is 16.9 Å². The summed E-state index contributed by atoms with van der Waals surface area (Å²) in [4.78, 5) is 12.1. The SMILES string of the molecule is Cc1cc(C)c(OCC(=O)NC(=S)NCc2ccc(-c3ccc(Cl)cc3)o2)c(Br)c1. The molecule has 0 saturated carbocycles. The number of furan rings is 1. The summed E-state index contributed by atoms with van der Waals surface area (Å²) in [5.74, 6) is 1.71. The van der Waals surface area contributed by atoms with E-state index in [1.807, 2.05) is 50.2 Å². The Morgan fingerprint density at radius 3 is 2.60 bits per heavy atom. The summed E-state index contributed by atoms with van der Waals surface area (Å²) in [6.07, 6.45) is 0. The van der Waals surface area contributed by atoms with E-state index in [9.17, 15) is 4.79 Å². The van der Waals surface area contributed by atoms with Crippen molar-refractivity contribution >= 4 is 50.8 Å². The van der Waals surface area contributed by atoms with Crippen LogP contribution < -0.4 is 15.4 Å². The monoisotopic (exact) mass is 506 g/mol. The Morgan fingerprint density at radius 2 is 1.90 bits per heavy atom. The van der Waals surface area contributed by atoms with Crippen LogP contribution in [0.5, 0.6) is 5.75 Å². The smallest absolute Gasteiger partial charge is 0.264 e. The number of rotatable bonds is 6. The van der Waals surface area contributed by atoms with E-state index in [1.165, 1.54) is 0 Å². The van der Waals surface area contributed by atoms with Crippen LogP contribution in [0.4, 0.5) is 0 Å². The number of carbonyl (C=O) groups is 1. The maximum absolute atomic E-state index is 12.1. The lowest BCUT2D eigenvalue weighted by Gasteiger charge is -2.13. The summed E-state index contributed by atoms with van der Waals surface area (Å²) in [5, 5.41) is 6.42. The Bertz CT molecular complexity index is 1040. The second kappa shape index (κ2) is 10.1. The van der Waals surface area contributed by atoms with Gasteiger partial charge in [0.25, 0.3) is 5.91 Å². The van der Waals surface area contributed by atoms with E-state index in [2.05, 4.69) is 26.6 Å². The summed E-state index contributed by atoms with van der Waals surface area (Å²) in [5.41, 5.74) is 2.99. The molecule has 0 saturated heterocycles. The molecule has 0 atom stereocenters. The molecule has 5 nitrogen and oxygen atoms in total. The predicted octanol–water partition coefficient (Wildman–Crippen LogP) is 5.55. The van der Waals surface area contributed by atoms with Crippen LogP contribution >= 0.6 is 39.7 Å². The van der Waals surface area contributed by atoms with Gasteiger partial charge in [0.2, 0.25) is 0 Å². The van der Waals surface area contributed by atoms with E-state index < -0.39 is 0 Å². The zero-order valence-electron chi connectivity index (χ0n) is 16.4. The molecule has 2 aromatic carbocycles. The van der Waals surface area contributed by atoms with Gasteiger partial charge in [-0.1, -0.05) is 17.7 Å². The lowest BCUT2D eigenvalue weighted by atomic mass is 10.1.